The third-order valence-corrected chi connectivity index (χ3v) is 3.14. The van der Waals surface area contributed by atoms with E-state index in [1.165, 1.54) is 11.3 Å². The van der Waals surface area contributed by atoms with E-state index in [2.05, 4.69) is 0 Å². The van der Waals surface area contributed by atoms with Crippen molar-refractivity contribution in [1.29, 1.82) is 0 Å². The van der Waals surface area contributed by atoms with Gasteiger partial charge < -0.3 is 9.67 Å². The maximum Gasteiger partial charge on any atom is 0.307 e. The number of carboxylic acid groups (broad SMARTS) is 1. The number of aryl methyl sites for hydroxylation is 1. The molecule has 0 aliphatic carbocycles. The van der Waals surface area contributed by atoms with Gasteiger partial charge in [0.25, 0.3) is 0 Å². The molecule has 1 aromatic heterocycles. The van der Waals surface area contributed by atoms with Crippen LogP contribution in [0.4, 0.5) is 0 Å². The van der Waals surface area contributed by atoms with Gasteiger partial charge in [0.15, 0.2) is 0 Å². The van der Waals surface area contributed by atoms with Gasteiger partial charge in [0.1, 0.15) is 0 Å². The van der Waals surface area contributed by atoms with E-state index in [4.69, 9.17) is 5.11 Å². The highest BCUT2D eigenvalue weighted by Crippen LogP contribution is 2.10. The molecule has 1 aromatic rings. The molecule has 1 rings (SSSR count). The number of carbonyl (C=O) groups is 1. The molecule has 0 unspecified atom stereocenters. The van der Waals surface area contributed by atoms with Gasteiger partial charge in [-0.05, 0) is 20.3 Å². The third-order valence-electron chi connectivity index (χ3n) is 2.15. The largest absolute Gasteiger partial charge is 0.481 e. The summed E-state index contributed by atoms with van der Waals surface area (Å²) in [5, 5.41) is 8.45. The lowest BCUT2D eigenvalue weighted by atomic mass is 10.3. The molecule has 0 aromatic carbocycles. The van der Waals surface area contributed by atoms with E-state index >= 15 is 0 Å². The number of carboxylic acids is 1. The Bertz CT molecular complexity index is 391. The van der Waals surface area contributed by atoms with Crippen LogP contribution in [-0.2, 0) is 11.3 Å². The molecule has 1 heterocycles. The summed E-state index contributed by atoms with van der Waals surface area (Å²) in [4.78, 5) is 22.7. The predicted octanol–water partition coefficient (Wildman–Crippen LogP) is 1.39. The first kappa shape index (κ1) is 11.0. The Labute approximate surface area is 85.8 Å². The minimum absolute atomic E-state index is 0.00499. The minimum atomic E-state index is -0.817. The summed E-state index contributed by atoms with van der Waals surface area (Å²) in [7, 11) is 0. The summed E-state index contributed by atoms with van der Waals surface area (Å²) in [5.41, 5.74) is 0.949. The van der Waals surface area contributed by atoms with Crippen molar-refractivity contribution in [1.82, 2.24) is 4.57 Å². The molecule has 0 atom stereocenters. The van der Waals surface area contributed by atoms with Gasteiger partial charge >= 0.3 is 10.8 Å². The molecule has 14 heavy (non-hydrogen) atoms. The van der Waals surface area contributed by atoms with Crippen molar-refractivity contribution in [3.63, 3.8) is 0 Å². The first-order chi connectivity index (χ1) is 6.52. The zero-order valence-electron chi connectivity index (χ0n) is 8.24. The Morgan fingerprint density at radius 2 is 2.14 bits per heavy atom. The fraction of sp³-hybridized carbons (Fsp3) is 0.556. The molecule has 0 radical (unpaired) electrons. The zero-order valence-corrected chi connectivity index (χ0v) is 9.06. The number of thiazole rings is 1. The molecule has 5 heteroatoms. The zero-order chi connectivity index (χ0) is 10.7. The number of hydrogen-bond donors (Lipinski definition) is 1. The van der Waals surface area contributed by atoms with Gasteiger partial charge in [0, 0.05) is 23.5 Å². The number of aliphatic carboxylic acids is 1. The van der Waals surface area contributed by atoms with E-state index < -0.39 is 5.97 Å². The molecule has 0 saturated heterocycles. The Kier molecular flexibility index (Phi) is 3.46. The van der Waals surface area contributed by atoms with Gasteiger partial charge in [0.2, 0.25) is 0 Å². The fourth-order valence-corrected chi connectivity index (χ4v) is 2.09. The van der Waals surface area contributed by atoms with Crippen molar-refractivity contribution in [2.75, 3.05) is 0 Å². The Hall–Kier alpha value is -1.10. The fourth-order valence-electron chi connectivity index (χ4n) is 1.23. The highest BCUT2D eigenvalue weighted by atomic mass is 32.1. The lowest BCUT2D eigenvalue weighted by Gasteiger charge is -2.02. The molecule has 0 aliphatic rings. The highest BCUT2D eigenvalue weighted by molar-refractivity contribution is 7.09. The summed E-state index contributed by atoms with van der Waals surface area (Å²) < 4.78 is 1.64. The number of hydrogen-bond acceptors (Lipinski definition) is 3. The molecule has 0 bridgehead atoms. The van der Waals surface area contributed by atoms with Crippen LogP contribution in [-0.4, -0.2) is 15.6 Å². The molecule has 78 valence electrons. The second-order valence-electron chi connectivity index (χ2n) is 3.16. The highest BCUT2D eigenvalue weighted by Gasteiger charge is 2.07. The van der Waals surface area contributed by atoms with Crippen LogP contribution in [0.3, 0.4) is 0 Å². The van der Waals surface area contributed by atoms with Gasteiger partial charge in [-0.2, -0.15) is 0 Å². The van der Waals surface area contributed by atoms with E-state index in [0.29, 0.717) is 13.0 Å². The molecule has 4 nitrogen and oxygen atoms in total. The average molecular weight is 215 g/mol. The summed E-state index contributed by atoms with van der Waals surface area (Å²) in [6.07, 6.45) is 0.618. The van der Waals surface area contributed by atoms with Crippen molar-refractivity contribution >= 4 is 17.3 Å². The van der Waals surface area contributed by atoms with E-state index in [0.717, 1.165) is 10.6 Å². The standard InChI is InChI=1S/C9H13NO3S/c1-6-7(2)14-9(13)10(6)5-3-4-8(11)12/h3-5H2,1-2H3,(H,11,12). The quantitative estimate of drug-likeness (QED) is 0.825. The van der Waals surface area contributed by atoms with Crippen molar-refractivity contribution in [3.8, 4) is 0 Å². The van der Waals surface area contributed by atoms with Crippen molar-refractivity contribution in [2.24, 2.45) is 0 Å². The number of nitrogens with zero attached hydrogens (tertiary/aromatic N) is 1. The average Bonchev–Trinajstić information content (AvgIpc) is 2.31. The van der Waals surface area contributed by atoms with Crippen molar-refractivity contribution in [3.05, 3.63) is 20.2 Å². The number of aromatic nitrogens is 1. The van der Waals surface area contributed by atoms with Gasteiger partial charge in [-0.25, -0.2) is 0 Å². The molecule has 0 spiro atoms. The molecule has 1 N–H and O–H groups in total. The van der Waals surface area contributed by atoms with Crippen molar-refractivity contribution < 1.29 is 9.90 Å². The monoisotopic (exact) mass is 215 g/mol. The van der Waals surface area contributed by atoms with E-state index in [1.54, 1.807) is 4.57 Å². The van der Waals surface area contributed by atoms with Crippen molar-refractivity contribution in [2.45, 2.75) is 33.2 Å². The Morgan fingerprint density at radius 1 is 1.50 bits per heavy atom. The van der Waals surface area contributed by atoms with Crippen LogP contribution < -0.4 is 4.87 Å². The lowest BCUT2D eigenvalue weighted by molar-refractivity contribution is -0.137. The second-order valence-corrected chi connectivity index (χ2v) is 4.32. The van der Waals surface area contributed by atoms with Gasteiger partial charge in [0.05, 0.1) is 0 Å². The molecule has 0 fully saturated rings. The summed E-state index contributed by atoms with van der Waals surface area (Å²) in [5.74, 6) is -0.817. The van der Waals surface area contributed by atoms with Crippen LogP contribution in [0.1, 0.15) is 23.4 Å². The second kappa shape index (κ2) is 4.41. The molecule has 0 amide bonds. The van der Waals surface area contributed by atoms with E-state index in [9.17, 15) is 9.59 Å². The topological polar surface area (TPSA) is 59.3 Å². The maximum absolute atomic E-state index is 11.4. The Balaban J connectivity index is 2.67. The molecule has 0 aliphatic heterocycles. The Morgan fingerprint density at radius 3 is 2.57 bits per heavy atom. The minimum Gasteiger partial charge on any atom is -0.481 e. The first-order valence-corrected chi connectivity index (χ1v) is 5.22. The normalized spacial score (nSPS) is 10.4. The smallest absolute Gasteiger partial charge is 0.307 e. The van der Waals surface area contributed by atoms with Crippen LogP contribution in [0.25, 0.3) is 0 Å². The first-order valence-electron chi connectivity index (χ1n) is 4.41. The lowest BCUT2D eigenvalue weighted by Crippen LogP contribution is -2.15. The number of rotatable bonds is 4. The summed E-state index contributed by atoms with van der Waals surface area (Å²) in [6.45, 7) is 4.28. The summed E-state index contributed by atoms with van der Waals surface area (Å²) >= 11 is 1.21. The van der Waals surface area contributed by atoms with E-state index in [1.807, 2.05) is 13.8 Å². The van der Waals surface area contributed by atoms with Gasteiger partial charge in [-0.1, -0.05) is 11.3 Å². The van der Waals surface area contributed by atoms with Gasteiger partial charge in [-0.15, -0.1) is 0 Å². The SMILES string of the molecule is Cc1sc(=O)n(CCCC(=O)O)c1C. The molecule has 0 saturated carbocycles. The van der Waals surface area contributed by atoms with Crippen LogP contribution in [0, 0.1) is 13.8 Å². The molecular formula is C9H13NO3S. The van der Waals surface area contributed by atoms with Crippen LogP contribution in [0.15, 0.2) is 4.79 Å². The van der Waals surface area contributed by atoms with E-state index in [-0.39, 0.29) is 11.3 Å². The molecular weight excluding hydrogens is 202 g/mol. The summed E-state index contributed by atoms with van der Waals surface area (Å²) in [6, 6.07) is 0. The van der Waals surface area contributed by atoms with Gasteiger partial charge in [-0.3, -0.25) is 9.59 Å². The van der Waals surface area contributed by atoms with Crippen LogP contribution >= 0.6 is 11.3 Å². The maximum atomic E-state index is 11.4. The van der Waals surface area contributed by atoms with Crippen LogP contribution in [0.5, 0.6) is 0 Å². The third kappa shape index (κ3) is 2.45. The van der Waals surface area contributed by atoms with Crippen LogP contribution in [0.2, 0.25) is 0 Å². The predicted molar refractivity (Wildman–Crippen MR) is 54.9 cm³/mol.